The Morgan fingerprint density at radius 2 is 2.31 bits per heavy atom. The molecule has 0 unspecified atom stereocenters. The summed E-state index contributed by atoms with van der Waals surface area (Å²) < 4.78 is 6.29. The van der Waals surface area contributed by atoms with Crippen molar-refractivity contribution in [1.82, 2.24) is 9.55 Å². The Kier molecular flexibility index (Phi) is 2.55. The summed E-state index contributed by atoms with van der Waals surface area (Å²) >= 11 is 0. The van der Waals surface area contributed by atoms with Crippen molar-refractivity contribution in [3.63, 3.8) is 0 Å². The van der Waals surface area contributed by atoms with E-state index in [0.29, 0.717) is 12.4 Å². The smallest absolute Gasteiger partial charge is 0.360 e. The average Bonchev–Trinajstić information content (AvgIpc) is 2.40. The van der Waals surface area contributed by atoms with Gasteiger partial charge in [-0.25, -0.2) is 9.78 Å². The molecule has 0 aliphatic heterocycles. The van der Waals surface area contributed by atoms with E-state index >= 15 is 0 Å². The summed E-state index contributed by atoms with van der Waals surface area (Å²) in [6.07, 6.45) is 0. The van der Waals surface area contributed by atoms with Crippen LogP contribution < -0.4 is 5.73 Å². The Labute approximate surface area is 76.5 Å². The van der Waals surface area contributed by atoms with Crippen LogP contribution in [0, 0.1) is 6.92 Å². The van der Waals surface area contributed by atoms with E-state index in [0.717, 1.165) is 5.82 Å². The fraction of sp³-hybridized carbons (Fsp3) is 0.500. The Morgan fingerprint density at radius 3 is 2.69 bits per heavy atom. The van der Waals surface area contributed by atoms with Gasteiger partial charge in [0.25, 0.3) is 0 Å². The number of methoxy groups -OCH3 is 1. The van der Waals surface area contributed by atoms with Gasteiger partial charge in [0.15, 0.2) is 5.69 Å². The molecular formula is C8H13N3O2. The SMILES string of the molecule is CCn1c(C)nc(C(=O)OC)c1N. The first-order valence-corrected chi connectivity index (χ1v) is 4.02. The number of nitrogen functional groups attached to an aromatic ring is 1. The van der Waals surface area contributed by atoms with Gasteiger partial charge in [0.1, 0.15) is 11.6 Å². The third-order valence-corrected chi connectivity index (χ3v) is 1.89. The summed E-state index contributed by atoms with van der Waals surface area (Å²) in [7, 11) is 1.31. The number of imidazole rings is 1. The molecule has 0 fully saturated rings. The molecule has 13 heavy (non-hydrogen) atoms. The Hall–Kier alpha value is -1.52. The van der Waals surface area contributed by atoms with Crippen LogP contribution in [0.2, 0.25) is 0 Å². The highest BCUT2D eigenvalue weighted by atomic mass is 16.5. The first-order valence-electron chi connectivity index (χ1n) is 4.02. The van der Waals surface area contributed by atoms with Gasteiger partial charge >= 0.3 is 5.97 Å². The van der Waals surface area contributed by atoms with Crippen molar-refractivity contribution in [2.45, 2.75) is 20.4 Å². The molecular weight excluding hydrogens is 170 g/mol. The number of nitrogens with zero attached hydrogens (tertiary/aromatic N) is 2. The average molecular weight is 183 g/mol. The summed E-state index contributed by atoms with van der Waals surface area (Å²) in [4.78, 5) is 15.2. The van der Waals surface area contributed by atoms with Crippen LogP contribution >= 0.6 is 0 Å². The molecule has 0 spiro atoms. The van der Waals surface area contributed by atoms with Crippen LogP contribution in [0.25, 0.3) is 0 Å². The van der Waals surface area contributed by atoms with Crippen molar-refractivity contribution >= 4 is 11.8 Å². The van der Waals surface area contributed by atoms with E-state index in [2.05, 4.69) is 9.72 Å². The molecule has 0 aromatic carbocycles. The zero-order valence-corrected chi connectivity index (χ0v) is 8.00. The van der Waals surface area contributed by atoms with Crippen LogP contribution in [0.15, 0.2) is 0 Å². The van der Waals surface area contributed by atoms with Gasteiger partial charge in [0, 0.05) is 6.54 Å². The fourth-order valence-corrected chi connectivity index (χ4v) is 1.23. The molecule has 0 aliphatic carbocycles. The second-order valence-electron chi connectivity index (χ2n) is 2.63. The summed E-state index contributed by atoms with van der Waals surface area (Å²) in [5, 5.41) is 0. The highest BCUT2D eigenvalue weighted by Gasteiger charge is 2.17. The van der Waals surface area contributed by atoms with E-state index in [9.17, 15) is 4.79 Å². The molecule has 1 aromatic heterocycles. The Morgan fingerprint density at radius 1 is 1.69 bits per heavy atom. The van der Waals surface area contributed by atoms with Crippen molar-refractivity contribution < 1.29 is 9.53 Å². The van der Waals surface area contributed by atoms with E-state index in [1.807, 2.05) is 6.92 Å². The summed E-state index contributed by atoms with van der Waals surface area (Å²) in [5.41, 5.74) is 5.89. The molecule has 0 atom stereocenters. The number of nitrogens with two attached hydrogens (primary N) is 1. The number of aromatic nitrogens is 2. The topological polar surface area (TPSA) is 70.1 Å². The molecule has 1 heterocycles. The lowest BCUT2D eigenvalue weighted by atomic mass is 10.4. The monoisotopic (exact) mass is 183 g/mol. The van der Waals surface area contributed by atoms with E-state index < -0.39 is 5.97 Å². The van der Waals surface area contributed by atoms with Crippen molar-refractivity contribution in [3.05, 3.63) is 11.5 Å². The highest BCUT2D eigenvalue weighted by molar-refractivity contribution is 5.92. The molecule has 0 saturated carbocycles. The molecule has 2 N–H and O–H groups in total. The van der Waals surface area contributed by atoms with Crippen LogP contribution in [0.4, 0.5) is 5.82 Å². The zero-order chi connectivity index (χ0) is 10.0. The minimum Gasteiger partial charge on any atom is -0.464 e. The minimum absolute atomic E-state index is 0.196. The van der Waals surface area contributed by atoms with Gasteiger partial charge in [-0.3, -0.25) is 0 Å². The molecule has 0 saturated heterocycles. The number of anilines is 1. The number of esters is 1. The van der Waals surface area contributed by atoms with Gasteiger partial charge < -0.3 is 15.0 Å². The number of rotatable bonds is 2. The lowest BCUT2D eigenvalue weighted by Crippen LogP contribution is -2.07. The van der Waals surface area contributed by atoms with Crippen molar-refractivity contribution in [3.8, 4) is 0 Å². The normalized spacial score (nSPS) is 10.1. The maximum Gasteiger partial charge on any atom is 0.360 e. The molecule has 1 aromatic rings. The molecule has 0 amide bonds. The fourth-order valence-electron chi connectivity index (χ4n) is 1.23. The summed E-state index contributed by atoms with van der Waals surface area (Å²) in [6, 6.07) is 0. The van der Waals surface area contributed by atoms with Crippen molar-refractivity contribution in [2.75, 3.05) is 12.8 Å². The van der Waals surface area contributed by atoms with Crippen molar-refractivity contribution in [1.29, 1.82) is 0 Å². The van der Waals surface area contributed by atoms with E-state index in [1.54, 1.807) is 11.5 Å². The second kappa shape index (κ2) is 3.47. The Balaban J connectivity index is 3.18. The largest absolute Gasteiger partial charge is 0.464 e. The molecule has 5 heteroatoms. The molecule has 1 rings (SSSR count). The molecule has 0 radical (unpaired) electrons. The molecule has 0 bridgehead atoms. The van der Waals surface area contributed by atoms with E-state index in [4.69, 9.17) is 5.73 Å². The van der Waals surface area contributed by atoms with Crippen LogP contribution in [0.5, 0.6) is 0 Å². The van der Waals surface area contributed by atoms with Crippen LogP contribution in [0.3, 0.4) is 0 Å². The third kappa shape index (κ3) is 1.49. The number of aryl methyl sites for hydroxylation is 1. The molecule has 5 nitrogen and oxygen atoms in total. The quantitative estimate of drug-likeness (QED) is 0.681. The standard InChI is InChI=1S/C8H13N3O2/c1-4-11-5(2)10-6(7(11)9)8(12)13-3/h4,9H2,1-3H3. The highest BCUT2D eigenvalue weighted by Crippen LogP contribution is 2.14. The van der Waals surface area contributed by atoms with Crippen LogP contribution in [0.1, 0.15) is 23.2 Å². The zero-order valence-electron chi connectivity index (χ0n) is 8.00. The third-order valence-electron chi connectivity index (χ3n) is 1.89. The number of carbonyl (C=O) groups excluding carboxylic acids is 1. The maximum absolute atomic E-state index is 11.1. The Bertz CT molecular complexity index is 330. The van der Waals surface area contributed by atoms with Gasteiger partial charge in [0.05, 0.1) is 7.11 Å². The van der Waals surface area contributed by atoms with Crippen molar-refractivity contribution in [2.24, 2.45) is 0 Å². The molecule has 72 valence electrons. The molecule has 0 aliphatic rings. The lowest BCUT2D eigenvalue weighted by molar-refractivity contribution is 0.0595. The second-order valence-corrected chi connectivity index (χ2v) is 2.63. The summed E-state index contributed by atoms with van der Waals surface area (Å²) in [6.45, 7) is 4.43. The number of carbonyl (C=O) groups is 1. The number of hydrogen-bond donors (Lipinski definition) is 1. The predicted molar refractivity (Wildman–Crippen MR) is 48.4 cm³/mol. The predicted octanol–water partition coefficient (Wildman–Crippen LogP) is 0.580. The first kappa shape index (κ1) is 9.57. The number of ether oxygens (including phenoxy) is 1. The van der Waals surface area contributed by atoms with Gasteiger partial charge in [-0.1, -0.05) is 0 Å². The lowest BCUT2D eigenvalue weighted by Gasteiger charge is -2.01. The van der Waals surface area contributed by atoms with Gasteiger partial charge in [-0.15, -0.1) is 0 Å². The van der Waals surface area contributed by atoms with Gasteiger partial charge in [-0.2, -0.15) is 0 Å². The first-order chi connectivity index (χ1) is 6.11. The van der Waals surface area contributed by atoms with Gasteiger partial charge in [-0.05, 0) is 13.8 Å². The summed E-state index contributed by atoms with van der Waals surface area (Å²) in [5.74, 6) is 0.597. The van der Waals surface area contributed by atoms with Crippen LogP contribution in [-0.4, -0.2) is 22.6 Å². The van der Waals surface area contributed by atoms with Crippen LogP contribution in [-0.2, 0) is 11.3 Å². The minimum atomic E-state index is -0.493. The maximum atomic E-state index is 11.1. The van der Waals surface area contributed by atoms with E-state index in [-0.39, 0.29) is 5.69 Å². The number of hydrogen-bond acceptors (Lipinski definition) is 4. The van der Waals surface area contributed by atoms with E-state index in [1.165, 1.54) is 7.11 Å². The van der Waals surface area contributed by atoms with Gasteiger partial charge in [0.2, 0.25) is 0 Å².